The molecule has 3 aliphatic rings. The number of fused-ring (bicyclic) bond motifs is 3. The van der Waals surface area contributed by atoms with Crippen LogP contribution in [-0.4, -0.2) is 30.2 Å². The first-order valence-corrected chi connectivity index (χ1v) is 7.19. The predicted octanol–water partition coefficient (Wildman–Crippen LogP) is 2.72. The van der Waals surface area contributed by atoms with Gasteiger partial charge in [-0.15, -0.1) is 0 Å². The van der Waals surface area contributed by atoms with Gasteiger partial charge in [-0.2, -0.15) is 0 Å². The van der Waals surface area contributed by atoms with Gasteiger partial charge in [0.2, 0.25) is 0 Å². The Balaban J connectivity index is 1.77. The summed E-state index contributed by atoms with van der Waals surface area (Å²) in [4.78, 5) is 0. The molecule has 88 valence electrons. The minimum absolute atomic E-state index is 0.0873. The number of hydrogen-bond donors (Lipinski definition) is 0. The molecule has 0 atom stereocenters. The Labute approximate surface area is 105 Å². The van der Waals surface area contributed by atoms with Gasteiger partial charge in [0.25, 0.3) is 5.97 Å². The van der Waals surface area contributed by atoms with Crippen molar-refractivity contribution >= 4 is 22.6 Å². The number of halogens is 1. The van der Waals surface area contributed by atoms with Crippen molar-refractivity contribution < 1.29 is 14.2 Å². The largest absolute Gasteiger partial charge is 0.327 e. The van der Waals surface area contributed by atoms with Crippen molar-refractivity contribution in [3.63, 3.8) is 0 Å². The maximum absolute atomic E-state index is 5.70. The van der Waals surface area contributed by atoms with E-state index in [1.54, 1.807) is 0 Å². The van der Waals surface area contributed by atoms with E-state index in [0.29, 0.717) is 0 Å². The standard InChI is InChI=1S/C11H19IO3/c1-10-7-13-11(14-8-10,15-9-10)5-3-2-4-6-12/h2-9H2,1H3. The Kier molecular flexibility index (Phi) is 3.91. The number of unbranched alkanes of at least 4 members (excludes halogenated alkanes) is 2. The van der Waals surface area contributed by atoms with Gasteiger partial charge in [-0.25, -0.2) is 0 Å². The number of alkyl halides is 1. The van der Waals surface area contributed by atoms with Crippen LogP contribution in [0, 0.1) is 5.41 Å². The van der Waals surface area contributed by atoms with Crippen LogP contribution in [0.2, 0.25) is 0 Å². The molecule has 0 spiro atoms. The second-order valence-corrected chi connectivity index (χ2v) is 5.94. The minimum atomic E-state index is -0.691. The molecule has 3 rings (SSSR count). The van der Waals surface area contributed by atoms with Crippen molar-refractivity contribution in [2.75, 3.05) is 24.2 Å². The van der Waals surface area contributed by atoms with Crippen LogP contribution in [0.4, 0.5) is 0 Å². The van der Waals surface area contributed by atoms with Crippen LogP contribution < -0.4 is 0 Å². The van der Waals surface area contributed by atoms with E-state index >= 15 is 0 Å². The van der Waals surface area contributed by atoms with Crippen molar-refractivity contribution in [1.82, 2.24) is 0 Å². The average molecular weight is 326 g/mol. The quantitative estimate of drug-likeness (QED) is 0.442. The summed E-state index contributed by atoms with van der Waals surface area (Å²) in [5, 5.41) is 0. The SMILES string of the molecule is CC12COC(CCCCCI)(OC1)OC2. The van der Waals surface area contributed by atoms with Gasteiger partial charge in [-0.3, -0.25) is 0 Å². The molecular formula is C11H19IO3. The Morgan fingerprint density at radius 1 is 1.00 bits per heavy atom. The van der Waals surface area contributed by atoms with Gasteiger partial charge in [-0.1, -0.05) is 35.9 Å². The van der Waals surface area contributed by atoms with Gasteiger partial charge in [0.15, 0.2) is 0 Å². The van der Waals surface area contributed by atoms with Crippen LogP contribution in [0.5, 0.6) is 0 Å². The fourth-order valence-corrected chi connectivity index (χ4v) is 2.47. The number of ether oxygens (including phenoxy) is 3. The molecule has 3 aliphatic heterocycles. The molecule has 4 heteroatoms. The first-order valence-electron chi connectivity index (χ1n) is 5.66. The molecule has 0 aromatic carbocycles. The summed E-state index contributed by atoms with van der Waals surface area (Å²) in [6.45, 7) is 4.48. The lowest BCUT2D eigenvalue weighted by Gasteiger charge is -2.50. The summed E-state index contributed by atoms with van der Waals surface area (Å²) in [5.74, 6) is -0.691. The van der Waals surface area contributed by atoms with Gasteiger partial charge in [0.05, 0.1) is 19.8 Å². The highest BCUT2D eigenvalue weighted by Gasteiger charge is 2.49. The summed E-state index contributed by atoms with van der Waals surface area (Å²) in [6.07, 6.45) is 4.51. The van der Waals surface area contributed by atoms with Crippen LogP contribution in [0.1, 0.15) is 32.6 Å². The third-order valence-electron chi connectivity index (χ3n) is 3.04. The first-order chi connectivity index (χ1) is 7.18. The zero-order valence-corrected chi connectivity index (χ0v) is 11.4. The Morgan fingerprint density at radius 3 is 2.13 bits per heavy atom. The van der Waals surface area contributed by atoms with E-state index in [-0.39, 0.29) is 5.41 Å². The molecule has 3 saturated heterocycles. The van der Waals surface area contributed by atoms with E-state index in [1.807, 2.05) is 0 Å². The Bertz CT molecular complexity index is 195. The van der Waals surface area contributed by atoms with E-state index in [4.69, 9.17) is 14.2 Å². The second-order valence-electron chi connectivity index (χ2n) is 4.86. The van der Waals surface area contributed by atoms with Crippen molar-refractivity contribution in [1.29, 1.82) is 0 Å². The van der Waals surface area contributed by atoms with Crippen molar-refractivity contribution in [3.05, 3.63) is 0 Å². The summed E-state index contributed by atoms with van der Waals surface area (Å²) >= 11 is 2.41. The normalized spacial score (nSPS) is 39.6. The lowest BCUT2D eigenvalue weighted by molar-refractivity contribution is -0.467. The highest BCUT2D eigenvalue weighted by molar-refractivity contribution is 14.1. The molecule has 0 unspecified atom stereocenters. The van der Waals surface area contributed by atoms with E-state index in [9.17, 15) is 0 Å². The van der Waals surface area contributed by atoms with Crippen LogP contribution in [-0.2, 0) is 14.2 Å². The number of rotatable bonds is 5. The Morgan fingerprint density at radius 2 is 1.60 bits per heavy atom. The topological polar surface area (TPSA) is 27.7 Å². The van der Waals surface area contributed by atoms with Gasteiger partial charge < -0.3 is 14.2 Å². The second kappa shape index (κ2) is 4.85. The Hall–Kier alpha value is 0.610. The van der Waals surface area contributed by atoms with Crippen molar-refractivity contribution in [2.24, 2.45) is 5.41 Å². The van der Waals surface area contributed by atoms with Crippen LogP contribution in [0.15, 0.2) is 0 Å². The maximum Gasteiger partial charge on any atom is 0.282 e. The van der Waals surface area contributed by atoms with E-state index in [2.05, 4.69) is 29.5 Å². The fourth-order valence-electron chi connectivity index (χ4n) is 1.93. The minimum Gasteiger partial charge on any atom is -0.327 e. The lowest BCUT2D eigenvalue weighted by atomic mass is 9.91. The monoisotopic (exact) mass is 326 g/mol. The molecule has 3 fully saturated rings. The average Bonchev–Trinajstić information content (AvgIpc) is 2.27. The first kappa shape index (κ1) is 12.1. The molecule has 0 radical (unpaired) electrons. The molecule has 3 nitrogen and oxygen atoms in total. The molecule has 2 bridgehead atoms. The molecule has 0 saturated carbocycles. The maximum atomic E-state index is 5.70. The summed E-state index contributed by atoms with van der Waals surface area (Å²) in [6, 6.07) is 0. The molecule has 0 amide bonds. The fraction of sp³-hybridized carbons (Fsp3) is 1.00. The van der Waals surface area contributed by atoms with Crippen LogP contribution in [0.3, 0.4) is 0 Å². The molecule has 3 heterocycles. The smallest absolute Gasteiger partial charge is 0.282 e. The molecular weight excluding hydrogens is 307 g/mol. The van der Waals surface area contributed by atoms with Gasteiger partial charge >= 0.3 is 0 Å². The van der Waals surface area contributed by atoms with E-state index in [0.717, 1.165) is 32.7 Å². The van der Waals surface area contributed by atoms with E-state index < -0.39 is 5.97 Å². The molecule has 0 aliphatic carbocycles. The summed E-state index contributed by atoms with van der Waals surface area (Å²) in [5.41, 5.74) is 0.0873. The highest BCUT2D eigenvalue weighted by atomic mass is 127. The molecule has 0 aromatic heterocycles. The highest BCUT2D eigenvalue weighted by Crippen LogP contribution is 2.40. The lowest BCUT2D eigenvalue weighted by Crippen LogP contribution is -2.58. The van der Waals surface area contributed by atoms with Crippen LogP contribution >= 0.6 is 22.6 Å². The molecule has 15 heavy (non-hydrogen) atoms. The zero-order valence-electron chi connectivity index (χ0n) is 9.26. The van der Waals surface area contributed by atoms with Crippen molar-refractivity contribution in [3.8, 4) is 0 Å². The van der Waals surface area contributed by atoms with E-state index in [1.165, 1.54) is 17.3 Å². The molecule has 0 aromatic rings. The van der Waals surface area contributed by atoms with Gasteiger partial charge in [-0.05, 0) is 17.3 Å². The van der Waals surface area contributed by atoms with Crippen LogP contribution in [0.25, 0.3) is 0 Å². The van der Waals surface area contributed by atoms with Gasteiger partial charge in [0.1, 0.15) is 0 Å². The number of hydrogen-bond acceptors (Lipinski definition) is 3. The molecule has 0 N–H and O–H groups in total. The zero-order chi connectivity index (χ0) is 10.8. The summed E-state index contributed by atoms with van der Waals surface area (Å²) < 4.78 is 18.3. The predicted molar refractivity (Wildman–Crippen MR) is 66.0 cm³/mol. The third-order valence-corrected chi connectivity index (χ3v) is 3.80. The van der Waals surface area contributed by atoms with Gasteiger partial charge in [0, 0.05) is 11.8 Å². The third kappa shape index (κ3) is 2.84. The van der Waals surface area contributed by atoms with Crippen molar-refractivity contribution in [2.45, 2.75) is 38.6 Å². The summed E-state index contributed by atoms with van der Waals surface area (Å²) in [7, 11) is 0.